The Morgan fingerprint density at radius 3 is 2.62 bits per heavy atom. The first kappa shape index (κ1) is 11.5. The molecule has 0 unspecified atom stereocenters. The molecule has 0 atom stereocenters. The van der Waals surface area contributed by atoms with E-state index in [1.807, 2.05) is 32.2 Å². The summed E-state index contributed by atoms with van der Waals surface area (Å²) in [6.07, 6.45) is 0. The lowest BCUT2D eigenvalue weighted by Crippen LogP contribution is -1.97. The number of nitrogen functional groups attached to an aromatic ring is 1. The highest BCUT2D eigenvalue weighted by atomic mass is 79.9. The van der Waals surface area contributed by atoms with Crippen LogP contribution in [0.25, 0.3) is 11.3 Å². The van der Waals surface area contributed by atoms with Crippen molar-refractivity contribution in [3.05, 3.63) is 33.3 Å². The van der Waals surface area contributed by atoms with Gasteiger partial charge in [-0.1, -0.05) is 33.6 Å². The fourth-order valence-electron chi connectivity index (χ4n) is 1.58. The number of anilines is 1. The van der Waals surface area contributed by atoms with E-state index < -0.39 is 0 Å². The number of rotatable bonds is 1. The molecule has 2 N–H and O–H groups in total. The lowest BCUT2D eigenvalue weighted by atomic mass is 10.1. The molecule has 1 aromatic carbocycles. The maximum atomic E-state index is 6.18. The topological polar surface area (TPSA) is 43.8 Å². The van der Waals surface area contributed by atoms with Crippen LogP contribution in [0.3, 0.4) is 0 Å². The lowest BCUT2D eigenvalue weighted by Gasteiger charge is -2.02. The minimum atomic E-state index is 0.661. The Bertz CT molecular complexity index is 548. The van der Waals surface area contributed by atoms with E-state index in [1.165, 1.54) is 0 Å². The Hall–Kier alpha value is -1.00. The molecule has 2 rings (SSSR count). The van der Waals surface area contributed by atoms with Gasteiger partial charge in [0.05, 0.1) is 10.7 Å². The van der Waals surface area contributed by atoms with Crippen molar-refractivity contribution in [3.8, 4) is 11.3 Å². The number of hydrogen-bond acceptors (Lipinski definition) is 2. The molecule has 0 fully saturated rings. The zero-order valence-electron chi connectivity index (χ0n) is 8.96. The first-order chi connectivity index (χ1) is 7.50. The standard InChI is InChI=1S/C11H11BrClN3/c1-6-10(15-16(2)11(6)14)8-4-3-7(12)5-9(8)13/h3-5H,14H2,1-2H3. The van der Waals surface area contributed by atoms with Gasteiger partial charge in [0.1, 0.15) is 5.82 Å². The number of nitrogens with zero attached hydrogens (tertiary/aromatic N) is 2. The largest absolute Gasteiger partial charge is 0.384 e. The van der Waals surface area contributed by atoms with Crippen LogP contribution in [0, 0.1) is 6.92 Å². The van der Waals surface area contributed by atoms with E-state index >= 15 is 0 Å². The second kappa shape index (κ2) is 4.11. The highest BCUT2D eigenvalue weighted by Gasteiger charge is 2.14. The number of aromatic nitrogens is 2. The van der Waals surface area contributed by atoms with Gasteiger partial charge in [0, 0.05) is 22.6 Å². The van der Waals surface area contributed by atoms with Crippen molar-refractivity contribution in [1.29, 1.82) is 0 Å². The van der Waals surface area contributed by atoms with Crippen LogP contribution in [0.1, 0.15) is 5.56 Å². The number of hydrogen-bond donors (Lipinski definition) is 1. The number of halogens is 2. The van der Waals surface area contributed by atoms with Crippen LogP contribution in [-0.2, 0) is 7.05 Å². The van der Waals surface area contributed by atoms with E-state index in [1.54, 1.807) is 4.68 Å². The minimum Gasteiger partial charge on any atom is -0.384 e. The molecular weight excluding hydrogens is 289 g/mol. The molecule has 2 aromatic rings. The summed E-state index contributed by atoms with van der Waals surface area (Å²) in [5, 5.41) is 5.02. The Kier molecular flexibility index (Phi) is 2.95. The van der Waals surface area contributed by atoms with Gasteiger partial charge in [-0.25, -0.2) is 0 Å². The van der Waals surface area contributed by atoms with Crippen LogP contribution in [0.4, 0.5) is 5.82 Å². The van der Waals surface area contributed by atoms with E-state index in [4.69, 9.17) is 17.3 Å². The summed E-state index contributed by atoms with van der Waals surface area (Å²) in [7, 11) is 1.82. The third-order valence-electron chi connectivity index (χ3n) is 2.52. The molecule has 0 bridgehead atoms. The average molecular weight is 301 g/mol. The van der Waals surface area contributed by atoms with Gasteiger partial charge in [0.15, 0.2) is 0 Å². The zero-order chi connectivity index (χ0) is 11.9. The Morgan fingerprint density at radius 1 is 1.44 bits per heavy atom. The fourth-order valence-corrected chi connectivity index (χ4v) is 2.34. The first-order valence-corrected chi connectivity index (χ1v) is 5.92. The molecule has 0 amide bonds. The van der Waals surface area contributed by atoms with Crippen molar-refractivity contribution in [1.82, 2.24) is 9.78 Å². The first-order valence-electron chi connectivity index (χ1n) is 4.75. The molecule has 84 valence electrons. The van der Waals surface area contributed by atoms with E-state index in [0.717, 1.165) is 21.3 Å². The fraction of sp³-hybridized carbons (Fsp3) is 0.182. The van der Waals surface area contributed by atoms with E-state index in [9.17, 15) is 0 Å². The molecule has 1 aromatic heterocycles. The summed E-state index contributed by atoms with van der Waals surface area (Å²) in [4.78, 5) is 0. The highest BCUT2D eigenvalue weighted by molar-refractivity contribution is 9.10. The zero-order valence-corrected chi connectivity index (χ0v) is 11.3. The SMILES string of the molecule is Cc1c(-c2ccc(Br)cc2Cl)nn(C)c1N. The summed E-state index contributed by atoms with van der Waals surface area (Å²) in [6.45, 7) is 1.94. The maximum absolute atomic E-state index is 6.18. The highest BCUT2D eigenvalue weighted by Crippen LogP contribution is 2.33. The summed E-state index contributed by atoms with van der Waals surface area (Å²) < 4.78 is 2.60. The number of nitrogens with two attached hydrogens (primary N) is 1. The van der Waals surface area contributed by atoms with Gasteiger partial charge in [0.25, 0.3) is 0 Å². The van der Waals surface area contributed by atoms with Crippen molar-refractivity contribution < 1.29 is 0 Å². The minimum absolute atomic E-state index is 0.661. The van der Waals surface area contributed by atoms with E-state index in [2.05, 4.69) is 21.0 Å². The Morgan fingerprint density at radius 2 is 2.12 bits per heavy atom. The molecule has 0 aliphatic carbocycles. The van der Waals surface area contributed by atoms with Gasteiger partial charge in [-0.3, -0.25) is 4.68 Å². The van der Waals surface area contributed by atoms with Crippen molar-refractivity contribution in [2.45, 2.75) is 6.92 Å². The number of aryl methyl sites for hydroxylation is 1. The van der Waals surface area contributed by atoms with Gasteiger partial charge in [-0.15, -0.1) is 0 Å². The molecule has 0 aliphatic heterocycles. The van der Waals surface area contributed by atoms with Gasteiger partial charge >= 0.3 is 0 Å². The third-order valence-corrected chi connectivity index (χ3v) is 3.33. The van der Waals surface area contributed by atoms with Gasteiger partial charge in [-0.05, 0) is 19.1 Å². The molecule has 16 heavy (non-hydrogen) atoms. The van der Waals surface area contributed by atoms with Gasteiger partial charge in [0.2, 0.25) is 0 Å². The monoisotopic (exact) mass is 299 g/mol. The van der Waals surface area contributed by atoms with Crippen LogP contribution in [0.2, 0.25) is 5.02 Å². The van der Waals surface area contributed by atoms with Crippen molar-refractivity contribution in [2.75, 3.05) is 5.73 Å². The molecule has 3 nitrogen and oxygen atoms in total. The van der Waals surface area contributed by atoms with Crippen molar-refractivity contribution >= 4 is 33.3 Å². The summed E-state index contributed by atoms with van der Waals surface area (Å²) >= 11 is 9.55. The quantitative estimate of drug-likeness (QED) is 0.877. The normalized spacial score (nSPS) is 10.8. The molecule has 0 radical (unpaired) electrons. The molecule has 0 saturated carbocycles. The summed E-state index contributed by atoms with van der Waals surface area (Å²) in [5.74, 6) is 0.661. The smallest absolute Gasteiger partial charge is 0.124 e. The van der Waals surface area contributed by atoms with E-state index in [-0.39, 0.29) is 0 Å². The van der Waals surface area contributed by atoms with Crippen LogP contribution in [-0.4, -0.2) is 9.78 Å². The molecule has 0 aliphatic rings. The number of benzene rings is 1. The lowest BCUT2D eigenvalue weighted by molar-refractivity contribution is 0.782. The molecule has 5 heteroatoms. The Balaban J connectivity index is 2.63. The summed E-state index contributed by atoms with van der Waals surface area (Å²) in [5.41, 5.74) is 8.55. The summed E-state index contributed by atoms with van der Waals surface area (Å²) in [6, 6.07) is 5.72. The third kappa shape index (κ3) is 1.83. The van der Waals surface area contributed by atoms with Crippen LogP contribution in [0.15, 0.2) is 22.7 Å². The maximum Gasteiger partial charge on any atom is 0.124 e. The van der Waals surface area contributed by atoms with Crippen LogP contribution >= 0.6 is 27.5 Å². The van der Waals surface area contributed by atoms with Gasteiger partial charge < -0.3 is 5.73 Å². The van der Waals surface area contributed by atoms with Gasteiger partial charge in [-0.2, -0.15) is 5.10 Å². The van der Waals surface area contributed by atoms with E-state index in [0.29, 0.717) is 10.8 Å². The molecule has 0 spiro atoms. The van der Waals surface area contributed by atoms with Crippen molar-refractivity contribution in [2.24, 2.45) is 7.05 Å². The van der Waals surface area contributed by atoms with Crippen LogP contribution in [0.5, 0.6) is 0 Å². The molecule has 0 saturated heterocycles. The molecular formula is C11H11BrClN3. The second-order valence-electron chi connectivity index (χ2n) is 3.61. The predicted molar refractivity (Wildman–Crippen MR) is 70.5 cm³/mol. The predicted octanol–water partition coefficient (Wildman–Crippen LogP) is 3.39. The van der Waals surface area contributed by atoms with Crippen molar-refractivity contribution in [3.63, 3.8) is 0 Å². The Labute approximate surface area is 107 Å². The molecule has 1 heterocycles. The van der Waals surface area contributed by atoms with Crippen LogP contribution < -0.4 is 5.73 Å². The second-order valence-corrected chi connectivity index (χ2v) is 4.93. The average Bonchev–Trinajstić information content (AvgIpc) is 2.46.